The highest BCUT2D eigenvalue weighted by atomic mass is 15.2. The first-order valence-corrected chi connectivity index (χ1v) is 9.19. The van der Waals surface area contributed by atoms with Crippen molar-refractivity contribution in [2.75, 3.05) is 11.9 Å². The summed E-state index contributed by atoms with van der Waals surface area (Å²) in [6.07, 6.45) is 9.54. The van der Waals surface area contributed by atoms with Gasteiger partial charge in [-0.2, -0.15) is 0 Å². The molecule has 1 saturated heterocycles. The normalized spacial score (nSPS) is 17.4. The van der Waals surface area contributed by atoms with Crippen molar-refractivity contribution in [3.63, 3.8) is 0 Å². The number of hydrogen-bond donors (Lipinski definition) is 1. The van der Waals surface area contributed by atoms with Crippen molar-refractivity contribution in [1.29, 1.82) is 0 Å². The van der Waals surface area contributed by atoms with Gasteiger partial charge in [0.25, 0.3) is 0 Å². The van der Waals surface area contributed by atoms with Gasteiger partial charge in [-0.1, -0.05) is 0 Å². The predicted molar refractivity (Wildman–Crippen MR) is 102 cm³/mol. The highest BCUT2D eigenvalue weighted by molar-refractivity contribution is 5.52. The van der Waals surface area contributed by atoms with Crippen molar-refractivity contribution in [2.45, 2.75) is 39.3 Å². The molecule has 3 aromatic heterocycles. The topological polar surface area (TPSA) is 84.7 Å². The summed E-state index contributed by atoms with van der Waals surface area (Å²) in [4.78, 5) is 25.0. The van der Waals surface area contributed by atoms with Crippen molar-refractivity contribution in [1.82, 2.24) is 34.4 Å². The van der Waals surface area contributed by atoms with Gasteiger partial charge in [0.15, 0.2) is 5.82 Å². The molecule has 0 saturated carbocycles. The number of nitrogens with one attached hydrogen (secondary N) is 1. The summed E-state index contributed by atoms with van der Waals surface area (Å²) in [5.74, 6) is 1.28. The van der Waals surface area contributed by atoms with Gasteiger partial charge in [-0.05, 0) is 39.3 Å². The van der Waals surface area contributed by atoms with Gasteiger partial charge in [0.1, 0.15) is 5.69 Å². The smallest absolute Gasteiger partial charge is 0.228 e. The first-order valence-electron chi connectivity index (χ1n) is 9.19. The Kier molecular flexibility index (Phi) is 4.81. The van der Waals surface area contributed by atoms with Crippen molar-refractivity contribution >= 4 is 11.8 Å². The van der Waals surface area contributed by atoms with E-state index in [-0.39, 0.29) is 6.04 Å². The lowest BCUT2D eigenvalue weighted by Gasteiger charge is -2.24. The van der Waals surface area contributed by atoms with Gasteiger partial charge in [0.05, 0.1) is 18.1 Å². The van der Waals surface area contributed by atoms with Crippen molar-refractivity contribution in [3.8, 4) is 0 Å². The van der Waals surface area contributed by atoms with Crippen molar-refractivity contribution in [2.24, 2.45) is 7.05 Å². The summed E-state index contributed by atoms with van der Waals surface area (Å²) in [6, 6.07) is 2.16. The highest BCUT2D eigenvalue weighted by Gasteiger charge is 2.30. The van der Waals surface area contributed by atoms with E-state index in [0.717, 1.165) is 54.5 Å². The van der Waals surface area contributed by atoms with Crippen LogP contribution in [0.4, 0.5) is 11.8 Å². The maximum Gasteiger partial charge on any atom is 0.228 e. The van der Waals surface area contributed by atoms with Crippen LogP contribution in [0.1, 0.15) is 41.7 Å². The molecule has 1 aliphatic heterocycles. The molecule has 1 N–H and O–H groups in total. The van der Waals surface area contributed by atoms with Gasteiger partial charge in [0.2, 0.25) is 5.95 Å². The van der Waals surface area contributed by atoms with Crippen LogP contribution < -0.4 is 5.32 Å². The summed E-state index contributed by atoms with van der Waals surface area (Å²) >= 11 is 0. The van der Waals surface area contributed by atoms with Crippen LogP contribution in [0, 0.1) is 13.8 Å². The van der Waals surface area contributed by atoms with E-state index in [4.69, 9.17) is 0 Å². The zero-order valence-corrected chi connectivity index (χ0v) is 15.9. The summed E-state index contributed by atoms with van der Waals surface area (Å²) in [7, 11) is 1.99. The molecule has 0 radical (unpaired) electrons. The van der Waals surface area contributed by atoms with Crippen LogP contribution in [0.2, 0.25) is 0 Å². The molecule has 1 aliphatic rings. The van der Waals surface area contributed by atoms with Crippen LogP contribution in [0.25, 0.3) is 0 Å². The molecule has 0 amide bonds. The Balaban J connectivity index is 1.59. The van der Waals surface area contributed by atoms with Crippen LogP contribution in [0.5, 0.6) is 0 Å². The maximum absolute atomic E-state index is 4.65. The van der Waals surface area contributed by atoms with Crippen LogP contribution >= 0.6 is 0 Å². The minimum Gasteiger partial charge on any atom is -0.340 e. The minimum absolute atomic E-state index is 0.203. The third-order valence-electron chi connectivity index (χ3n) is 4.74. The van der Waals surface area contributed by atoms with Gasteiger partial charge in [0, 0.05) is 43.6 Å². The Labute approximate surface area is 158 Å². The Morgan fingerprint density at radius 1 is 1.11 bits per heavy atom. The van der Waals surface area contributed by atoms with E-state index >= 15 is 0 Å². The van der Waals surface area contributed by atoms with E-state index in [1.54, 1.807) is 12.4 Å². The Morgan fingerprint density at radius 2 is 1.89 bits per heavy atom. The Bertz CT molecular complexity index is 915. The van der Waals surface area contributed by atoms with Crippen LogP contribution in [-0.2, 0) is 13.6 Å². The molecule has 1 atom stereocenters. The number of hydrogen-bond acceptors (Lipinski definition) is 7. The molecule has 3 aromatic rings. The Hall–Kier alpha value is -2.87. The second kappa shape index (κ2) is 7.40. The zero-order valence-electron chi connectivity index (χ0n) is 15.9. The summed E-state index contributed by atoms with van der Waals surface area (Å²) in [6.45, 7) is 5.75. The molecule has 0 aliphatic carbocycles. The van der Waals surface area contributed by atoms with Crippen LogP contribution in [0.15, 0.2) is 31.0 Å². The molecule has 0 aromatic carbocycles. The number of aromatic nitrogens is 6. The standard InChI is InChI=1S/C19H24N8/c1-13-9-14(2)24-19(23-13)25-18-17(20-6-7-21-18)16-5-4-8-27(16)11-15-10-26(3)12-22-15/h6-7,9-10,12,16H,4-5,8,11H2,1-3H3,(H,21,23,24,25)/t16-/m1/s1. The molecule has 4 heterocycles. The van der Waals surface area contributed by atoms with Crippen LogP contribution in [-0.4, -0.2) is 40.9 Å². The molecule has 140 valence electrons. The number of rotatable bonds is 5. The molecule has 0 unspecified atom stereocenters. The molecule has 0 spiro atoms. The highest BCUT2D eigenvalue weighted by Crippen LogP contribution is 2.35. The van der Waals surface area contributed by atoms with E-state index in [0.29, 0.717) is 5.95 Å². The van der Waals surface area contributed by atoms with Gasteiger partial charge in [-0.25, -0.2) is 19.9 Å². The maximum atomic E-state index is 4.65. The SMILES string of the molecule is Cc1cc(C)nc(Nc2nccnc2[C@H]2CCCN2Cc2cn(C)cn2)n1. The third-order valence-corrected chi connectivity index (χ3v) is 4.74. The largest absolute Gasteiger partial charge is 0.340 e. The molecular weight excluding hydrogens is 340 g/mol. The molecule has 8 heteroatoms. The number of likely N-dealkylation sites (tertiary alicyclic amines) is 1. The van der Waals surface area contributed by atoms with Crippen molar-refractivity contribution < 1.29 is 0 Å². The lowest BCUT2D eigenvalue weighted by Crippen LogP contribution is -2.24. The number of anilines is 2. The zero-order chi connectivity index (χ0) is 18.8. The van der Waals surface area contributed by atoms with Gasteiger partial charge >= 0.3 is 0 Å². The van der Waals surface area contributed by atoms with Gasteiger partial charge in [-0.15, -0.1) is 0 Å². The molecule has 4 rings (SSSR count). The third kappa shape index (κ3) is 3.95. The van der Waals surface area contributed by atoms with Gasteiger partial charge < -0.3 is 9.88 Å². The summed E-state index contributed by atoms with van der Waals surface area (Å²) < 4.78 is 1.98. The van der Waals surface area contributed by atoms with Crippen molar-refractivity contribution in [3.05, 3.63) is 53.8 Å². The first kappa shape index (κ1) is 17.5. The molecule has 0 bridgehead atoms. The summed E-state index contributed by atoms with van der Waals surface area (Å²) in [5.41, 5.74) is 3.86. The second-order valence-electron chi connectivity index (χ2n) is 7.05. The van der Waals surface area contributed by atoms with E-state index in [2.05, 4.69) is 41.3 Å². The van der Waals surface area contributed by atoms with E-state index in [1.165, 1.54) is 0 Å². The van der Waals surface area contributed by atoms with E-state index in [1.807, 2.05) is 37.9 Å². The molecule has 27 heavy (non-hydrogen) atoms. The second-order valence-corrected chi connectivity index (χ2v) is 7.05. The monoisotopic (exact) mass is 364 g/mol. The van der Waals surface area contributed by atoms with E-state index < -0.39 is 0 Å². The lowest BCUT2D eigenvalue weighted by molar-refractivity contribution is 0.242. The first-order chi connectivity index (χ1) is 13.1. The Morgan fingerprint density at radius 3 is 2.63 bits per heavy atom. The van der Waals surface area contributed by atoms with E-state index in [9.17, 15) is 0 Å². The number of imidazole rings is 1. The van der Waals surface area contributed by atoms with Gasteiger partial charge in [-0.3, -0.25) is 9.88 Å². The quantitative estimate of drug-likeness (QED) is 0.745. The number of nitrogens with zero attached hydrogens (tertiary/aromatic N) is 7. The fourth-order valence-corrected chi connectivity index (χ4v) is 3.66. The molecular formula is C19H24N8. The molecule has 8 nitrogen and oxygen atoms in total. The number of aryl methyl sites for hydroxylation is 3. The fourth-order valence-electron chi connectivity index (χ4n) is 3.66. The predicted octanol–water partition coefficient (Wildman–Crippen LogP) is 2.70. The van der Waals surface area contributed by atoms with Crippen LogP contribution in [0.3, 0.4) is 0 Å². The fraction of sp³-hybridized carbons (Fsp3) is 0.421. The minimum atomic E-state index is 0.203. The molecule has 1 fully saturated rings. The average Bonchev–Trinajstić information content (AvgIpc) is 3.24. The summed E-state index contributed by atoms with van der Waals surface area (Å²) in [5, 5.41) is 3.28. The average molecular weight is 364 g/mol. The lowest BCUT2D eigenvalue weighted by atomic mass is 10.1.